The molecule has 0 atom stereocenters. The van der Waals surface area contributed by atoms with Crippen molar-refractivity contribution in [2.75, 3.05) is 14.2 Å². The van der Waals surface area contributed by atoms with Crippen molar-refractivity contribution in [3.05, 3.63) is 47.5 Å². The van der Waals surface area contributed by atoms with Crippen molar-refractivity contribution in [2.24, 2.45) is 5.10 Å². The summed E-state index contributed by atoms with van der Waals surface area (Å²) in [5.41, 5.74) is 4.97. The second kappa shape index (κ2) is 10.4. The molecule has 0 heterocycles. The average molecular weight is 386 g/mol. The van der Waals surface area contributed by atoms with Crippen molar-refractivity contribution in [3.8, 4) is 23.0 Å². The fourth-order valence-electron chi connectivity index (χ4n) is 2.57. The van der Waals surface area contributed by atoms with Crippen LogP contribution in [0.1, 0.15) is 38.8 Å². The molecule has 6 nitrogen and oxygen atoms in total. The van der Waals surface area contributed by atoms with E-state index in [0.717, 1.165) is 22.6 Å². The number of hydrogen-bond donors (Lipinski definition) is 1. The van der Waals surface area contributed by atoms with Crippen molar-refractivity contribution in [2.45, 2.75) is 46.4 Å². The minimum absolute atomic E-state index is 0.0566. The first-order valence-corrected chi connectivity index (χ1v) is 9.37. The van der Waals surface area contributed by atoms with Crippen LogP contribution in [0.5, 0.6) is 23.0 Å². The van der Waals surface area contributed by atoms with E-state index >= 15 is 0 Å². The highest BCUT2D eigenvalue weighted by Gasteiger charge is 2.08. The number of hydrogen-bond acceptors (Lipinski definition) is 6. The maximum Gasteiger partial charge on any atom is 0.161 e. The van der Waals surface area contributed by atoms with E-state index in [4.69, 9.17) is 18.9 Å². The Balaban J connectivity index is 2.06. The number of hydrazone groups is 1. The Kier molecular flexibility index (Phi) is 7.99. The Morgan fingerprint density at radius 3 is 2.21 bits per heavy atom. The second-order valence-corrected chi connectivity index (χ2v) is 6.82. The van der Waals surface area contributed by atoms with Gasteiger partial charge in [0.2, 0.25) is 0 Å². The summed E-state index contributed by atoms with van der Waals surface area (Å²) >= 11 is 0. The molecule has 2 rings (SSSR count). The summed E-state index contributed by atoms with van der Waals surface area (Å²) in [5, 5.41) is 4.33. The molecule has 0 spiro atoms. The third kappa shape index (κ3) is 6.37. The molecular weight excluding hydrogens is 356 g/mol. The molecule has 0 aliphatic heterocycles. The Labute approximate surface area is 167 Å². The topological polar surface area (TPSA) is 61.3 Å². The van der Waals surface area contributed by atoms with Crippen LogP contribution in [0.3, 0.4) is 0 Å². The SMILES string of the molecule is COc1ccc(CN/N=C\c2ccc(OC(C)C)cc2OC(C)C)cc1OC. The zero-order chi connectivity index (χ0) is 20.5. The fraction of sp³-hybridized carbons (Fsp3) is 0.409. The highest BCUT2D eigenvalue weighted by molar-refractivity contribution is 5.83. The van der Waals surface area contributed by atoms with Gasteiger partial charge in [-0.3, -0.25) is 0 Å². The van der Waals surface area contributed by atoms with Crippen molar-refractivity contribution >= 4 is 6.21 Å². The number of methoxy groups -OCH3 is 2. The van der Waals surface area contributed by atoms with Gasteiger partial charge in [-0.15, -0.1) is 0 Å². The van der Waals surface area contributed by atoms with E-state index in [-0.39, 0.29) is 12.2 Å². The van der Waals surface area contributed by atoms with Crippen LogP contribution in [0.4, 0.5) is 0 Å². The number of nitrogens with one attached hydrogen (secondary N) is 1. The van der Waals surface area contributed by atoms with Gasteiger partial charge in [-0.25, -0.2) is 0 Å². The summed E-state index contributed by atoms with van der Waals surface area (Å²) in [6, 6.07) is 11.5. The lowest BCUT2D eigenvalue weighted by Crippen LogP contribution is -2.10. The molecule has 0 aliphatic rings. The van der Waals surface area contributed by atoms with Gasteiger partial charge >= 0.3 is 0 Å². The molecule has 0 radical (unpaired) electrons. The predicted molar refractivity (Wildman–Crippen MR) is 112 cm³/mol. The highest BCUT2D eigenvalue weighted by atomic mass is 16.5. The van der Waals surface area contributed by atoms with Gasteiger partial charge < -0.3 is 24.4 Å². The van der Waals surface area contributed by atoms with Gasteiger partial charge in [0.05, 0.1) is 39.2 Å². The van der Waals surface area contributed by atoms with Crippen LogP contribution in [-0.4, -0.2) is 32.6 Å². The van der Waals surface area contributed by atoms with Gasteiger partial charge in [0, 0.05) is 11.6 Å². The summed E-state index contributed by atoms with van der Waals surface area (Å²) < 4.78 is 22.2. The molecule has 0 unspecified atom stereocenters. The zero-order valence-corrected chi connectivity index (χ0v) is 17.5. The Hall–Kier alpha value is -2.89. The fourth-order valence-corrected chi connectivity index (χ4v) is 2.57. The molecule has 6 heteroatoms. The molecule has 0 bridgehead atoms. The number of benzene rings is 2. The predicted octanol–water partition coefficient (Wildman–Crippen LogP) is 4.40. The number of ether oxygens (including phenoxy) is 4. The number of nitrogens with zero attached hydrogens (tertiary/aromatic N) is 1. The maximum absolute atomic E-state index is 5.91. The van der Waals surface area contributed by atoms with Crippen molar-refractivity contribution < 1.29 is 18.9 Å². The van der Waals surface area contributed by atoms with Gasteiger partial charge in [0.1, 0.15) is 11.5 Å². The van der Waals surface area contributed by atoms with Gasteiger partial charge in [0.15, 0.2) is 11.5 Å². The standard InChI is InChI=1S/C22H30N2O4/c1-15(2)27-19-9-8-18(21(12-19)28-16(3)4)14-24-23-13-17-7-10-20(25-5)22(11-17)26-6/h7-12,14-16,23H,13H2,1-6H3/b24-14-. The summed E-state index contributed by atoms with van der Waals surface area (Å²) in [4.78, 5) is 0. The third-order valence-electron chi connectivity index (χ3n) is 3.75. The van der Waals surface area contributed by atoms with Crippen LogP contribution in [0.15, 0.2) is 41.5 Å². The second-order valence-electron chi connectivity index (χ2n) is 6.82. The van der Waals surface area contributed by atoms with Gasteiger partial charge in [0.25, 0.3) is 0 Å². The lowest BCUT2D eigenvalue weighted by molar-refractivity contribution is 0.229. The first-order valence-electron chi connectivity index (χ1n) is 9.37. The molecule has 0 fully saturated rings. The van der Waals surface area contributed by atoms with Crippen molar-refractivity contribution in [1.82, 2.24) is 5.43 Å². The minimum Gasteiger partial charge on any atom is -0.493 e. The smallest absolute Gasteiger partial charge is 0.161 e. The summed E-state index contributed by atoms with van der Waals surface area (Å²) in [6.45, 7) is 8.54. The van der Waals surface area contributed by atoms with Crippen LogP contribution in [-0.2, 0) is 6.54 Å². The molecule has 152 valence electrons. The monoisotopic (exact) mass is 386 g/mol. The Bertz CT molecular complexity index is 788. The van der Waals surface area contributed by atoms with E-state index in [0.29, 0.717) is 18.0 Å². The Morgan fingerprint density at radius 1 is 0.857 bits per heavy atom. The summed E-state index contributed by atoms with van der Waals surface area (Å²) in [6.07, 6.45) is 1.91. The first-order chi connectivity index (χ1) is 13.4. The van der Waals surface area contributed by atoms with Crippen LogP contribution in [0.2, 0.25) is 0 Å². The third-order valence-corrected chi connectivity index (χ3v) is 3.75. The van der Waals surface area contributed by atoms with Crippen LogP contribution in [0.25, 0.3) is 0 Å². The van der Waals surface area contributed by atoms with E-state index in [1.807, 2.05) is 64.1 Å². The quantitative estimate of drug-likeness (QED) is 0.484. The van der Waals surface area contributed by atoms with E-state index in [1.54, 1.807) is 20.4 Å². The molecule has 0 amide bonds. The van der Waals surface area contributed by atoms with Gasteiger partial charge in [-0.2, -0.15) is 5.10 Å². The summed E-state index contributed by atoms with van der Waals surface area (Å²) in [7, 11) is 3.24. The Morgan fingerprint density at radius 2 is 1.57 bits per heavy atom. The molecule has 2 aromatic rings. The van der Waals surface area contributed by atoms with Gasteiger partial charge in [-0.05, 0) is 57.5 Å². The average Bonchev–Trinajstić information content (AvgIpc) is 2.65. The molecule has 1 N–H and O–H groups in total. The zero-order valence-electron chi connectivity index (χ0n) is 17.5. The lowest BCUT2D eigenvalue weighted by atomic mass is 10.2. The maximum atomic E-state index is 5.91. The minimum atomic E-state index is 0.0566. The van der Waals surface area contributed by atoms with E-state index in [9.17, 15) is 0 Å². The van der Waals surface area contributed by atoms with Crippen LogP contribution in [0, 0.1) is 0 Å². The molecule has 0 saturated heterocycles. The molecule has 2 aromatic carbocycles. The molecule has 28 heavy (non-hydrogen) atoms. The van der Waals surface area contributed by atoms with Crippen LogP contribution < -0.4 is 24.4 Å². The van der Waals surface area contributed by atoms with Crippen molar-refractivity contribution in [1.29, 1.82) is 0 Å². The van der Waals surface area contributed by atoms with E-state index in [1.165, 1.54) is 0 Å². The molecule has 0 saturated carbocycles. The lowest BCUT2D eigenvalue weighted by Gasteiger charge is -2.15. The summed E-state index contributed by atoms with van der Waals surface area (Å²) in [5.74, 6) is 2.92. The first kappa shape index (κ1) is 21.4. The largest absolute Gasteiger partial charge is 0.493 e. The number of rotatable bonds is 10. The van der Waals surface area contributed by atoms with Gasteiger partial charge in [-0.1, -0.05) is 6.07 Å². The van der Waals surface area contributed by atoms with E-state index < -0.39 is 0 Å². The highest BCUT2D eigenvalue weighted by Crippen LogP contribution is 2.28. The molecule has 0 aliphatic carbocycles. The van der Waals surface area contributed by atoms with Crippen LogP contribution >= 0.6 is 0 Å². The van der Waals surface area contributed by atoms with E-state index in [2.05, 4.69) is 10.5 Å². The normalized spacial score (nSPS) is 11.1. The van der Waals surface area contributed by atoms with Crippen molar-refractivity contribution in [3.63, 3.8) is 0 Å². The molecular formula is C22H30N2O4. The molecule has 0 aromatic heterocycles.